The van der Waals surface area contributed by atoms with E-state index in [0.29, 0.717) is 17.9 Å². The van der Waals surface area contributed by atoms with Crippen LogP contribution in [0.4, 0.5) is 4.39 Å². The minimum absolute atomic E-state index is 0.0331. The molecule has 0 aliphatic carbocycles. The van der Waals surface area contributed by atoms with Gasteiger partial charge in [-0.3, -0.25) is 0 Å². The van der Waals surface area contributed by atoms with E-state index in [0.717, 1.165) is 0 Å². The van der Waals surface area contributed by atoms with Crippen molar-refractivity contribution in [3.8, 4) is 5.75 Å². The minimum atomic E-state index is -0.834. The topological polar surface area (TPSA) is 58.9 Å². The third kappa shape index (κ3) is 4.60. The Morgan fingerprint density at radius 2 is 2.00 bits per heavy atom. The summed E-state index contributed by atoms with van der Waals surface area (Å²) in [5.74, 6) is -0.0740. The number of ether oxygens (including phenoxy) is 2. The zero-order valence-corrected chi connectivity index (χ0v) is 10.6. The maximum absolute atomic E-state index is 13.0. The quantitative estimate of drug-likeness (QED) is 0.781. The van der Waals surface area contributed by atoms with Gasteiger partial charge in [0.15, 0.2) is 0 Å². The molecule has 102 valence electrons. The van der Waals surface area contributed by atoms with Gasteiger partial charge >= 0.3 is 0 Å². The molecule has 0 amide bonds. The van der Waals surface area contributed by atoms with Crippen LogP contribution < -0.4 is 4.74 Å². The first-order valence-corrected chi connectivity index (χ1v) is 5.90. The summed E-state index contributed by atoms with van der Waals surface area (Å²) in [7, 11) is 0. The van der Waals surface area contributed by atoms with Crippen molar-refractivity contribution in [3.05, 3.63) is 29.6 Å². The molecule has 2 atom stereocenters. The number of benzene rings is 1. The van der Waals surface area contributed by atoms with Crippen molar-refractivity contribution in [1.82, 2.24) is 0 Å². The lowest BCUT2D eigenvalue weighted by atomic mass is 10.1. The Kier molecular flexibility index (Phi) is 6.04. The third-order valence-electron chi connectivity index (χ3n) is 2.37. The summed E-state index contributed by atoms with van der Waals surface area (Å²) in [6.07, 6.45) is -1.59. The van der Waals surface area contributed by atoms with E-state index >= 15 is 0 Å². The van der Waals surface area contributed by atoms with Gasteiger partial charge in [-0.1, -0.05) is 0 Å². The number of aliphatic hydroxyl groups excluding tert-OH is 2. The molecule has 1 aromatic rings. The Hall–Kier alpha value is -1.17. The molecule has 2 N–H and O–H groups in total. The van der Waals surface area contributed by atoms with Crippen molar-refractivity contribution >= 4 is 0 Å². The van der Waals surface area contributed by atoms with Gasteiger partial charge in [-0.2, -0.15) is 0 Å². The Bertz CT molecular complexity index is 368. The molecule has 0 aromatic heterocycles. The van der Waals surface area contributed by atoms with E-state index in [9.17, 15) is 14.6 Å². The van der Waals surface area contributed by atoms with Gasteiger partial charge in [0, 0.05) is 12.2 Å². The Morgan fingerprint density at radius 3 is 2.61 bits per heavy atom. The van der Waals surface area contributed by atoms with E-state index in [1.165, 1.54) is 25.1 Å². The first kappa shape index (κ1) is 14.9. The fraction of sp³-hybridized carbons (Fsp3) is 0.538. The van der Waals surface area contributed by atoms with Crippen molar-refractivity contribution in [1.29, 1.82) is 0 Å². The zero-order chi connectivity index (χ0) is 13.5. The van der Waals surface area contributed by atoms with E-state index in [2.05, 4.69) is 0 Å². The average Bonchev–Trinajstić information content (AvgIpc) is 2.34. The van der Waals surface area contributed by atoms with E-state index in [1.807, 2.05) is 6.92 Å². The highest BCUT2D eigenvalue weighted by molar-refractivity contribution is 5.35. The molecule has 0 aliphatic heterocycles. The Labute approximate surface area is 106 Å². The summed E-state index contributed by atoms with van der Waals surface area (Å²) in [6.45, 7) is 4.09. The van der Waals surface area contributed by atoms with Crippen LogP contribution in [0.1, 0.15) is 25.5 Å². The molecule has 0 radical (unpaired) electrons. The second kappa shape index (κ2) is 7.31. The number of halogens is 1. The Morgan fingerprint density at radius 1 is 1.28 bits per heavy atom. The standard InChI is InChI=1S/C13H19FO4/c1-3-17-7-11(16)8-18-13-5-4-10(14)6-12(13)9(2)15/h4-6,9,11,15-16H,3,7-8H2,1-2H3/t9-,11?/m0/s1. The van der Waals surface area contributed by atoms with Crippen LogP contribution in [-0.2, 0) is 4.74 Å². The van der Waals surface area contributed by atoms with Crippen molar-refractivity contribution in [2.75, 3.05) is 19.8 Å². The highest BCUT2D eigenvalue weighted by Gasteiger charge is 2.12. The Balaban J connectivity index is 2.61. The van der Waals surface area contributed by atoms with Crippen LogP contribution in [0.15, 0.2) is 18.2 Å². The van der Waals surface area contributed by atoms with Crippen molar-refractivity contribution in [3.63, 3.8) is 0 Å². The van der Waals surface area contributed by atoms with E-state index in [4.69, 9.17) is 9.47 Å². The van der Waals surface area contributed by atoms with E-state index < -0.39 is 18.0 Å². The van der Waals surface area contributed by atoms with Crippen LogP contribution in [0.25, 0.3) is 0 Å². The van der Waals surface area contributed by atoms with Gasteiger partial charge in [-0.25, -0.2) is 4.39 Å². The molecule has 1 unspecified atom stereocenters. The first-order chi connectivity index (χ1) is 8.54. The maximum Gasteiger partial charge on any atom is 0.125 e. The van der Waals surface area contributed by atoms with Crippen LogP contribution >= 0.6 is 0 Å². The largest absolute Gasteiger partial charge is 0.490 e. The van der Waals surface area contributed by atoms with Crippen LogP contribution in [-0.4, -0.2) is 36.1 Å². The predicted octanol–water partition coefficient (Wildman–Crippen LogP) is 1.66. The minimum Gasteiger partial charge on any atom is -0.490 e. The third-order valence-corrected chi connectivity index (χ3v) is 2.37. The lowest BCUT2D eigenvalue weighted by molar-refractivity contribution is 0.0158. The molecule has 18 heavy (non-hydrogen) atoms. The highest BCUT2D eigenvalue weighted by atomic mass is 19.1. The summed E-state index contributed by atoms with van der Waals surface area (Å²) < 4.78 is 23.4. The molecular formula is C13H19FO4. The van der Waals surface area contributed by atoms with Crippen LogP contribution in [0, 0.1) is 5.82 Å². The van der Waals surface area contributed by atoms with Crippen LogP contribution in [0.2, 0.25) is 0 Å². The maximum atomic E-state index is 13.0. The molecule has 0 spiro atoms. The predicted molar refractivity (Wildman–Crippen MR) is 65.0 cm³/mol. The SMILES string of the molecule is CCOCC(O)COc1ccc(F)cc1[C@H](C)O. The molecule has 0 heterocycles. The molecule has 0 saturated heterocycles. The summed E-state index contributed by atoms with van der Waals surface area (Å²) in [5.41, 5.74) is 0.360. The average molecular weight is 258 g/mol. The molecule has 0 bridgehead atoms. The van der Waals surface area contributed by atoms with Gasteiger partial charge in [-0.15, -0.1) is 0 Å². The highest BCUT2D eigenvalue weighted by Crippen LogP contribution is 2.26. The van der Waals surface area contributed by atoms with Crippen molar-refractivity contribution in [2.45, 2.75) is 26.1 Å². The van der Waals surface area contributed by atoms with Gasteiger partial charge < -0.3 is 19.7 Å². The first-order valence-electron chi connectivity index (χ1n) is 5.90. The normalized spacial score (nSPS) is 14.3. The van der Waals surface area contributed by atoms with Gasteiger partial charge in [0.25, 0.3) is 0 Å². The van der Waals surface area contributed by atoms with Gasteiger partial charge in [0.2, 0.25) is 0 Å². The van der Waals surface area contributed by atoms with E-state index in [-0.39, 0.29) is 13.2 Å². The molecule has 0 saturated carbocycles. The van der Waals surface area contributed by atoms with Crippen molar-refractivity contribution in [2.24, 2.45) is 0 Å². The number of aliphatic hydroxyl groups is 2. The molecule has 5 heteroatoms. The van der Waals surface area contributed by atoms with Crippen LogP contribution in [0.5, 0.6) is 5.75 Å². The molecule has 0 aliphatic rings. The van der Waals surface area contributed by atoms with Crippen LogP contribution in [0.3, 0.4) is 0 Å². The lowest BCUT2D eigenvalue weighted by Gasteiger charge is -2.16. The van der Waals surface area contributed by atoms with Crippen molar-refractivity contribution < 1.29 is 24.1 Å². The summed E-state index contributed by atoms with van der Waals surface area (Å²) in [6, 6.07) is 3.90. The number of hydrogen-bond donors (Lipinski definition) is 2. The van der Waals surface area contributed by atoms with E-state index in [1.54, 1.807) is 0 Å². The second-order valence-electron chi connectivity index (χ2n) is 3.98. The summed E-state index contributed by atoms with van der Waals surface area (Å²) in [4.78, 5) is 0. The number of rotatable bonds is 7. The molecule has 4 nitrogen and oxygen atoms in total. The molecule has 1 aromatic carbocycles. The summed E-state index contributed by atoms with van der Waals surface area (Å²) in [5, 5.41) is 19.0. The molecular weight excluding hydrogens is 239 g/mol. The second-order valence-corrected chi connectivity index (χ2v) is 3.98. The van der Waals surface area contributed by atoms with Gasteiger partial charge in [0.1, 0.15) is 24.3 Å². The van der Waals surface area contributed by atoms with Gasteiger partial charge in [0.05, 0.1) is 12.7 Å². The summed E-state index contributed by atoms with van der Waals surface area (Å²) >= 11 is 0. The smallest absolute Gasteiger partial charge is 0.125 e. The lowest BCUT2D eigenvalue weighted by Crippen LogP contribution is -2.23. The monoisotopic (exact) mass is 258 g/mol. The fourth-order valence-electron chi connectivity index (χ4n) is 1.47. The van der Waals surface area contributed by atoms with Gasteiger partial charge in [-0.05, 0) is 32.0 Å². The molecule has 0 fully saturated rings. The zero-order valence-electron chi connectivity index (χ0n) is 10.6. The number of hydrogen-bond acceptors (Lipinski definition) is 4. The fourth-order valence-corrected chi connectivity index (χ4v) is 1.47. The molecule has 1 rings (SSSR count).